The summed E-state index contributed by atoms with van der Waals surface area (Å²) in [6.07, 6.45) is 0. The van der Waals surface area contributed by atoms with Crippen LogP contribution in [0, 0.1) is 11.8 Å². The van der Waals surface area contributed by atoms with E-state index < -0.39 is 28.7 Å². The Balaban J connectivity index is 1.20. The summed E-state index contributed by atoms with van der Waals surface area (Å²) in [6, 6.07) is 29.0. The molecule has 6 nitrogen and oxygen atoms in total. The maximum absolute atomic E-state index is 14.2. The molecule has 4 aliphatic rings. The van der Waals surface area contributed by atoms with Gasteiger partial charge in [0.15, 0.2) is 12.4 Å². The zero-order valence-corrected chi connectivity index (χ0v) is 24.6. The summed E-state index contributed by atoms with van der Waals surface area (Å²) in [5.74, 6) is -3.17. The predicted octanol–water partition coefficient (Wildman–Crippen LogP) is 6.39. The van der Waals surface area contributed by atoms with Crippen molar-refractivity contribution >= 4 is 61.1 Å². The molecule has 8 rings (SSSR count). The Morgan fingerprint density at radius 1 is 0.780 bits per heavy atom. The van der Waals surface area contributed by atoms with E-state index in [-0.39, 0.29) is 29.1 Å². The molecule has 8 heteroatoms. The van der Waals surface area contributed by atoms with Crippen molar-refractivity contribution in [1.82, 2.24) is 0 Å². The van der Waals surface area contributed by atoms with E-state index in [4.69, 9.17) is 4.74 Å². The number of halogens is 2. The highest BCUT2D eigenvalue weighted by molar-refractivity contribution is 9.10. The van der Waals surface area contributed by atoms with E-state index in [0.717, 1.165) is 26.7 Å². The first-order chi connectivity index (χ1) is 19.8. The molecule has 202 valence electrons. The van der Waals surface area contributed by atoms with Gasteiger partial charge in [-0.05, 0) is 52.6 Å². The highest BCUT2D eigenvalue weighted by atomic mass is 79.9. The maximum Gasteiger partial charge on any atom is 0.338 e. The van der Waals surface area contributed by atoms with Crippen LogP contribution in [0.25, 0.3) is 0 Å². The van der Waals surface area contributed by atoms with Crippen LogP contribution in [0.4, 0.5) is 5.69 Å². The summed E-state index contributed by atoms with van der Waals surface area (Å²) >= 11 is 7.32. The van der Waals surface area contributed by atoms with Crippen LogP contribution in [0.15, 0.2) is 102 Å². The normalized spacial score (nSPS) is 23.6. The lowest BCUT2D eigenvalue weighted by Gasteiger charge is -2.51. The number of rotatable bonds is 5. The molecule has 2 atom stereocenters. The molecule has 0 N–H and O–H groups in total. The van der Waals surface area contributed by atoms with Crippen LogP contribution < -0.4 is 4.90 Å². The van der Waals surface area contributed by atoms with Gasteiger partial charge in [-0.2, -0.15) is 0 Å². The van der Waals surface area contributed by atoms with E-state index in [1.54, 1.807) is 36.4 Å². The molecule has 0 spiro atoms. The van der Waals surface area contributed by atoms with E-state index in [0.29, 0.717) is 11.3 Å². The van der Waals surface area contributed by atoms with Crippen LogP contribution >= 0.6 is 31.9 Å². The van der Waals surface area contributed by atoms with E-state index in [1.807, 2.05) is 48.5 Å². The predicted molar refractivity (Wildman–Crippen MR) is 159 cm³/mol. The largest absolute Gasteiger partial charge is 0.454 e. The molecule has 2 bridgehead atoms. The van der Waals surface area contributed by atoms with Gasteiger partial charge in [0.05, 0.1) is 27.4 Å². The van der Waals surface area contributed by atoms with Gasteiger partial charge in [0.2, 0.25) is 11.8 Å². The van der Waals surface area contributed by atoms with E-state index >= 15 is 0 Å². The lowest BCUT2D eigenvalue weighted by Crippen LogP contribution is -2.50. The van der Waals surface area contributed by atoms with Crippen LogP contribution in [0.5, 0.6) is 0 Å². The lowest BCUT2D eigenvalue weighted by molar-refractivity contribution is -0.122. The molecule has 0 aromatic heterocycles. The average Bonchev–Trinajstić information content (AvgIpc) is 3.27. The number of carbonyl (C=O) groups is 4. The maximum atomic E-state index is 14.2. The third-order valence-electron chi connectivity index (χ3n) is 8.36. The molecule has 1 heterocycles. The zero-order chi connectivity index (χ0) is 28.5. The van der Waals surface area contributed by atoms with Gasteiger partial charge in [-0.1, -0.05) is 98.6 Å². The van der Waals surface area contributed by atoms with E-state index in [1.165, 1.54) is 17.0 Å². The summed E-state index contributed by atoms with van der Waals surface area (Å²) in [7, 11) is 0. The number of ether oxygens (including phenoxy) is 1. The summed E-state index contributed by atoms with van der Waals surface area (Å²) in [4.78, 5) is 54.8. The number of carbonyl (C=O) groups excluding carboxylic acids is 4. The van der Waals surface area contributed by atoms with Gasteiger partial charge in [0.25, 0.3) is 0 Å². The SMILES string of the molecule is O=C(COC(=O)c1cccc(N2C(=O)[C@@H]3C4c5ccccc5C(Br)(c5ccccc54)[C@@H]3C2=O)c1)c1ccc(Br)cc1. The summed E-state index contributed by atoms with van der Waals surface area (Å²) in [5, 5.41) is 0. The number of benzene rings is 4. The molecule has 0 radical (unpaired) electrons. The molecule has 4 aromatic carbocycles. The zero-order valence-electron chi connectivity index (χ0n) is 21.4. The Bertz CT molecular complexity index is 1740. The summed E-state index contributed by atoms with van der Waals surface area (Å²) < 4.78 is 5.27. The molecule has 0 saturated carbocycles. The van der Waals surface area contributed by atoms with Gasteiger partial charge in [-0.25, -0.2) is 9.69 Å². The Kier molecular flexibility index (Phi) is 6.10. The Morgan fingerprint density at radius 2 is 1.41 bits per heavy atom. The minimum absolute atomic E-state index is 0.143. The fourth-order valence-corrected chi connectivity index (χ4v) is 8.11. The fraction of sp³-hybridized carbons (Fsp3) is 0.152. The van der Waals surface area contributed by atoms with Crippen LogP contribution in [-0.4, -0.2) is 30.2 Å². The Morgan fingerprint density at radius 3 is 2.07 bits per heavy atom. The van der Waals surface area contributed by atoms with Crippen LogP contribution in [0.1, 0.15) is 48.9 Å². The minimum Gasteiger partial charge on any atom is -0.454 e. The third-order valence-corrected chi connectivity index (χ3v) is 10.2. The number of hydrogen-bond donors (Lipinski definition) is 0. The number of esters is 1. The quantitative estimate of drug-likeness (QED) is 0.106. The first kappa shape index (κ1) is 26.0. The van der Waals surface area contributed by atoms with Gasteiger partial charge in [-0.15, -0.1) is 0 Å². The molecule has 41 heavy (non-hydrogen) atoms. The average molecular weight is 671 g/mol. The summed E-state index contributed by atoms with van der Waals surface area (Å²) in [5.41, 5.74) is 4.95. The number of ketones is 1. The van der Waals surface area contributed by atoms with Gasteiger partial charge in [0.1, 0.15) is 0 Å². The van der Waals surface area contributed by atoms with Gasteiger partial charge in [0, 0.05) is 16.0 Å². The molecule has 0 unspecified atom stereocenters. The number of amides is 2. The molecule has 1 fully saturated rings. The van der Waals surface area contributed by atoms with Crippen molar-refractivity contribution in [2.24, 2.45) is 11.8 Å². The molecule has 3 aliphatic carbocycles. The number of anilines is 1. The van der Waals surface area contributed by atoms with Gasteiger partial charge in [-0.3, -0.25) is 14.4 Å². The number of alkyl halides is 1. The number of Topliss-reactive ketones (excluding diaryl/α,β-unsaturated/α-hetero) is 1. The second kappa shape index (κ2) is 9.60. The topological polar surface area (TPSA) is 80.8 Å². The first-order valence-electron chi connectivity index (χ1n) is 13.1. The van der Waals surface area contributed by atoms with E-state index in [9.17, 15) is 19.2 Å². The Hall–Kier alpha value is -3.88. The standard InChI is InChI=1S/C33H21Br2NO5/c34-20-14-12-18(13-15-20)26(37)17-41-32(40)19-6-5-7-21(16-19)36-30(38)28-27-22-8-1-3-10-24(22)33(35,29(28)31(36)39)25-11-4-2-9-23(25)27/h1-16,27-29H,17H2/t27?,28-,29+,33?/m1/s1. The van der Waals surface area contributed by atoms with Crippen molar-refractivity contribution in [1.29, 1.82) is 0 Å². The molecule has 1 aliphatic heterocycles. The fourth-order valence-electron chi connectivity index (χ4n) is 6.64. The van der Waals surface area contributed by atoms with E-state index in [2.05, 4.69) is 31.9 Å². The first-order valence-corrected chi connectivity index (χ1v) is 14.7. The lowest BCUT2D eigenvalue weighted by atomic mass is 9.55. The number of imide groups is 1. The highest BCUT2D eigenvalue weighted by Gasteiger charge is 2.67. The molecular weight excluding hydrogens is 650 g/mol. The number of nitrogens with zero attached hydrogens (tertiary/aromatic N) is 1. The number of hydrogen-bond acceptors (Lipinski definition) is 5. The Labute approximate surface area is 252 Å². The van der Waals surface area contributed by atoms with Gasteiger partial charge >= 0.3 is 5.97 Å². The smallest absolute Gasteiger partial charge is 0.338 e. The van der Waals surface area contributed by atoms with Crippen molar-refractivity contribution in [2.45, 2.75) is 10.2 Å². The third kappa shape index (κ3) is 3.81. The van der Waals surface area contributed by atoms with Crippen LogP contribution in [0.2, 0.25) is 0 Å². The van der Waals surface area contributed by atoms with Crippen molar-refractivity contribution in [3.8, 4) is 0 Å². The molecule has 4 aromatic rings. The second-order valence-corrected chi connectivity index (χ2v) is 12.6. The van der Waals surface area contributed by atoms with Crippen LogP contribution in [-0.2, 0) is 18.7 Å². The minimum atomic E-state index is -0.856. The highest BCUT2D eigenvalue weighted by Crippen LogP contribution is 2.66. The van der Waals surface area contributed by atoms with Crippen molar-refractivity contribution in [3.05, 3.63) is 135 Å². The molecule has 2 amide bonds. The van der Waals surface area contributed by atoms with Crippen molar-refractivity contribution < 1.29 is 23.9 Å². The molecule has 1 saturated heterocycles. The summed E-state index contributed by atoms with van der Waals surface area (Å²) in [6.45, 7) is -0.430. The van der Waals surface area contributed by atoms with Gasteiger partial charge < -0.3 is 4.74 Å². The van der Waals surface area contributed by atoms with Crippen LogP contribution in [0.3, 0.4) is 0 Å². The van der Waals surface area contributed by atoms with Crippen molar-refractivity contribution in [2.75, 3.05) is 11.5 Å². The second-order valence-electron chi connectivity index (χ2n) is 10.4. The molecular formula is C33H21Br2NO5. The van der Waals surface area contributed by atoms with Crippen molar-refractivity contribution in [3.63, 3.8) is 0 Å². The monoisotopic (exact) mass is 669 g/mol.